The Morgan fingerprint density at radius 2 is 2.08 bits per heavy atom. The van der Waals surface area contributed by atoms with Crippen LogP contribution in [0.4, 0.5) is 0 Å². The van der Waals surface area contributed by atoms with Gasteiger partial charge in [-0.1, -0.05) is 42.6 Å². The third-order valence-electron chi connectivity index (χ3n) is 4.58. The molecule has 0 amide bonds. The molecule has 0 N–H and O–H groups in total. The predicted octanol–water partition coefficient (Wildman–Crippen LogP) is 4.73. The molecule has 1 aromatic heterocycles. The lowest BCUT2D eigenvalue weighted by Gasteiger charge is -2.24. The first-order valence-electron chi connectivity index (χ1n) is 8.51. The van der Waals surface area contributed by atoms with Gasteiger partial charge in [0.05, 0.1) is 17.9 Å². The second-order valence-corrected chi connectivity index (χ2v) is 7.60. The molecule has 1 fully saturated rings. The highest BCUT2D eigenvalue weighted by Crippen LogP contribution is 2.33. The smallest absolute Gasteiger partial charge is 0.191 e. The SMILES string of the molecule is COc1ccc(C(=O)CSc2nnc(C)n2C2CCCCC2)cc1Cl. The number of thioether (sulfide) groups is 1. The Hall–Kier alpha value is -1.53. The quantitative estimate of drug-likeness (QED) is 0.536. The van der Waals surface area contributed by atoms with Crippen molar-refractivity contribution in [2.45, 2.75) is 50.2 Å². The summed E-state index contributed by atoms with van der Waals surface area (Å²) < 4.78 is 7.33. The molecular weight excluding hydrogens is 358 g/mol. The normalized spacial score (nSPS) is 15.3. The van der Waals surface area contributed by atoms with E-state index in [1.54, 1.807) is 25.3 Å². The van der Waals surface area contributed by atoms with Gasteiger partial charge in [0.15, 0.2) is 10.9 Å². The van der Waals surface area contributed by atoms with Gasteiger partial charge in [-0.05, 0) is 38.0 Å². The molecule has 7 heteroatoms. The first-order chi connectivity index (χ1) is 12.1. The molecule has 3 rings (SSSR count). The van der Waals surface area contributed by atoms with Gasteiger partial charge in [-0.2, -0.15) is 0 Å². The third kappa shape index (κ3) is 4.18. The maximum absolute atomic E-state index is 12.5. The Balaban J connectivity index is 1.69. The summed E-state index contributed by atoms with van der Waals surface area (Å²) in [6, 6.07) is 5.57. The second-order valence-electron chi connectivity index (χ2n) is 6.25. The number of halogens is 1. The zero-order valence-corrected chi connectivity index (χ0v) is 16.1. The average Bonchev–Trinajstić information content (AvgIpc) is 3.01. The van der Waals surface area contributed by atoms with Crippen LogP contribution in [0.1, 0.15) is 54.3 Å². The highest BCUT2D eigenvalue weighted by atomic mass is 35.5. The molecule has 0 radical (unpaired) electrons. The summed E-state index contributed by atoms with van der Waals surface area (Å²) in [4.78, 5) is 12.5. The van der Waals surface area contributed by atoms with Crippen molar-refractivity contribution in [3.63, 3.8) is 0 Å². The van der Waals surface area contributed by atoms with E-state index >= 15 is 0 Å². The minimum absolute atomic E-state index is 0.0189. The maximum atomic E-state index is 12.5. The Kier molecular flexibility index (Phi) is 6.02. The fourth-order valence-corrected chi connectivity index (χ4v) is 4.46. The summed E-state index contributed by atoms with van der Waals surface area (Å²) in [7, 11) is 1.55. The number of carbonyl (C=O) groups is 1. The topological polar surface area (TPSA) is 57.0 Å². The fraction of sp³-hybridized carbons (Fsp3) is 0.500. The molecule has 0 spiro atoms. The number of rotatable bonds is 6. The van der Waals surface area contributed by atoms with Crippen molar-refractivity contribution in [2.24, 2.45) is 0 Å². The number of ketones is 1. The van der Waals surface area contributed by atoms with Crippen LogP contribution in [-0.4, -0.2) is 33.4 Å². The van der Waals surface area contributed by atoms with E-state index in [9.17, 15) is 4.79 Å². The fourth-order valence-electron chi connectivity index (χ4n) is 3.26. The van der Waals surface area contributed by atoms with Crippen LogP contribution in [-0.2, 0) is 0 Å². The molecule has 1 aliphatic carbocycles. The lowest BCUT2D eigenvalue weighted by Crippen LogP contribution is -2.15. The number of hydrogen-bond acceptors (Lipinski definition) is 5. The van der Waals surface area contributed by atoms with E-state index in [0.29, 0.717) is 28.1 Å². The van der Waals surface area contributed by atoms with E-state index < -0.39 is 0 Å². The van der Waals surface area contributed by atoms with Crippen molar-refractivity contribution >= 4 is 29.1 Å². The maximum Gasteiger partial charge on any atom is 0.191 e. The van der Waals surface area contributed by atoms with Crippen molar-refractivity contribution in [1.29, 1.82) is 0 Å². The van der Waals surface area contributed by atoms with Crippen molar-refractivity contribution in [3.05, 3.63) is 34.6 Å². The minimum Gasteiger partial charge on any atom is -0.495 e. The summed E-state index contributed by atoms with van der Waals surface area (Å²) in [5, 5.41) is 9.78. The number of Topliss-reactive ketones (excluding diaryl/α,β-unsaturated/α-hetero) is 1. The Labute approximate surface area is 157 Å². The molecule has 0 unspecified atom stereocenters. The molecular formula is C18H22ClN3O2S. The van der Waals surface area contributed by atoms with Crippen molar-refractivity contribution < 1.29 is 9.53 Å². The number of benzene rings is 1. The summed E-state index contributed by atoms with van der Waals surface area (Å²) in [5.41, 5.74) is 0.582. The molecule has 0 aliphatic heterocycles. The van der Waals surface area contributed by atoms with Crippen LogP contribution < -0.4 is 4.74 Å². The molecule has 2 aromatic rings. The van der Waals surface area contributed by atoms with Gasteiger partial charge < -0.3 is 9.30 Å². The van der Waals surface area contributed by atoms with Crippen molar-refractivity contribution in [1.82, 2.24) is 14.8 Å². The van der Waals surface area contributed by atoms with Gasteiger partial charge in [0.25, 0.3) is 0 Å². The molecule has 1 heterocycles. The van der Waals surface area contributed by atoms with Gasteiger partial charge in [0, 0.05) is 11.6 Å². The van der Waals surface area contributed by atoms with Crippen LogP contribution >= 0.6 is 23.4 Å². The Bertz CT molecular complexity index is 757. The molecule has 1 saturated carbocycles. The minimum atomic E-state index is 0.0189. The van der Waals surface area contributed by atoms with Gasteiger partial charge in [-0.25, -0.2) is 0 Å². The van der Waals surface area contributed by atoms with Crippen LogP contribution in [0.3, 0.4) is 0 Å². The number of hydrogen-bond donors (Lipinski definition) is 0. The van der Waals surface area contributed by atoms with Crippen LogP contribution in [0, 0.1) is 6.92 Å². The molecule has 0 bridgehead atoms. The third-order valence-corrected chi connectivity index (χ3v) is 5.82. The number of aromatic nitrogens is 3. The van der Waals surface area contributed by atoms with Crippen LogP contribution in [0.2, 0.25) is 5.02 Å². The summed E-state index contributed by atoms with van der Waals surface area (Å²) >= 11 is 7.56. The average molecular weight is 380 g/mol. The van der Waals surface area contributed by atoms with Crippen molar-refractivity contribution in [2.75, 3.05) is 12.9 Å². The van der Waals surface area contributed by atoms with E-state index in [1.165, 1.54) is 31.0 Å². The summed E-state index contributed by atoms with van der Waals surface area (Å²) in [6.07, 6.45) is 6.12. The molecule has 0 atom stereocenters. The molecule has 1 aliphatic rings. The van der Waals surface area contributed by atoms with Crippen LogP contribution in [0.15, 0.2) is 23.4 Å². The molecule has 134 valence electrons. The van der Waals surface area contributed by atoms with Gasteiger partial charge in [-0.3, -0.25) is 4.79 Å². The summed E-state index contributed by atoms with van der Waals surface area (Å²) in [6.45, 7) is 1.98. The highest BCUT2D eigenvalue weighted by Gasteiger charge is 2.22. The van der Waals surface area contributed by atoms with Gasteiger partial charge in [-0.15, -0.1) is 10.2 Å². The number of ether oxygens (including phenoxy) is 1. The second kappa shape index (κ2) is 8.23. The number of aryl methyl sites for hydroxylation is 1. The summed E-state index contributed by atoms with van der Waals surface area (Å²) in [5.74, 6) is 1.83. The van der Waals surface area contributed by atoms with E-state index in [2.05, 4.69) is 14.8 Å². The van der Waals surface area contributed by atoms with E-state index in [1.807, 2.05) is 6.92 Å². The van der Waals surface area contributed by atoms with E-state index in [0.717, 1.165) is 23.8 Å². The van der Waals surface area contributed by atoms with E-state index in [-0.39, 0.29) is 5.78 Å². The Morgan fingerprint density at radius 3 is 2.76 bits per heavy atom. The first-order valence-corrected chi connectivity index (χ1v) is 9.87. The molecule has 1 aromatic carbocycles. The first kappa shape index (κ1) is 18.3. The van der Waals surface area contributed by atoms with Crippen LogP contribution in [0.25, 0.3) is 0 Å². The van der Waals surface area contributed by atoms with Gasteiger partial charge in [0.2, 0.25) is 0 Å². The molecule has 25 heavy (non-hydrogen) atoms. The number of methoxy groups -OCH3 is 1. The van der Waals surface area contributed by atoms with Crippen LogP contribution in [0.5, 0.6) is 5.75 Å². The standard InChI is InChI=1S/C18H22ClN3O2S/c1-12-20-21-18(22(12)14-6-4-3-5-7-14)25-11-16(23)13-8-9-17(24-2)15(19)10-13/h8-10,14H,3-7,11H2,1-2H3. The number of carbonyl (C=O) groups excluding carboxylic acids is 1. The molecule has 0 saturated heterocycles. The lowest BCUT2D eigenvalue weighted by molar-refractivity contribution is 0.102. The Morgan fingerprint density at radius 1 is 1.32 bits per heavy atom. The van der Waals surface area contributed by atoms with E-state index in [4.69, 9.17) is 16.3 Å². The zero-order chi connectivity index (χ0) is 17.8. The molecule has 5 nitrogen and oxygen atoms in total. The van der Waals surface area contributed by atoms with Gasteiger partial charge >= 0.3 is 0 Å². The largest absolute Gasteiger partial charge is 0.495 e. The predicted molar refractivity (Wildman–Crippen MR) is 99.9 cm³/mol. The van der Waals surface area contributed by atoms with Crippen molar-refractivity contribution in [3.8, 4) is 5.75 Å². The highest BCUT2D eigenvalue weighted by molar-refractivity contribution is 7.99. The lowest BCUT2D eigenvalue weighted by atomic mass is 9.95. The number of nitrogens with zero attached hydrogens (tertiary/aromatic N) is 3. The zero-order valence-electron chi connectivity index (χ0n) is 14.5. The monoisotopic (exact) mass is 379 g/mol. The van der Waals surface area contributed by atoms with Gasteiger partial charge in [0.1, 0.15) is 11.6 Å².